The summed E-state index contributed by atoms with van der Waals surface area (Å²) in [5, 5.41) is 0. The molecule has 0 bridgehead atoms. The van der Waals surface area contributed by atoms with Crippen molar-refractivity contribution in [2.75, 3.05) is 0 Å². The third kappa shape index (κ3) is 10.1. The van der Waals surface area contributed by atoms with Crippen LogP contribution in [0.2, 0.25) is 0 Å². The fourth-order valence-corrected chi connectivity index (χ4v) is 1.74. The van der Waals surface area contributed by atoms with Crippen molar-refractivity contribution in [3.63, 3.8) is 0 Å². The standard InChI is InChI=1S/C17H30/c1-6-8-9-10-17(13-11-15(3)4)14-12-16(5)7-2/h6-7,13,15-16H,1-2,8-12,14H2,3-5H3. The second-order valence-corrected chi connectivity index (χ2v) is 5.42. The van der Waals surface area contributed by atoms with Gasteiger partial charge in [0, 0.05) is 0 Å². The Labute approximate surface area is 109 Å². The molecule has 0 radical (unpaired) electrons. The number of allylic oxidation sites excluding steroid dienone is 4. The molecule has 0 aromatic rings. The molecule has 0 aliphatic heterocycles. The monoisotopic (exact) mass is 234 g/mol. The first-order valence-electron chi connectivity index (χ1n) is 7.01. The van der Waals surface area contributed by atoms with Gasteiger partial charge in [-0.2, -0.15) is 0 Å². The average molecular weight is 234 g/mol. The molecule has 0 aromatic heterocycles. The summed E-state index contributed by atoms with van der Waals surface area (Å²) >= 11 is 0. The van der Waals surface area contributed by atoms with Crippen molar-refractivity contribution in [1.82, 2.24) is 0 Å². The van der Waals surface area contributed by atoms with Gasteiger partial charge >= 0.3 is 0 Å². The molecule has 0 saturated heterocycles. The van der Waals surface area contributed by atoms with Gasteiger partial charge in [0.25, 0.3) is 0 Å². The van der Waals surface area contributed by atoms with Crippen molar-refractivity contribution >= 4 is 0 Å². The zero-order valence-corrected chi connectivity index (χ0v) is 12.0. The maximum Gasteiger partial charge on any atom is -0.0262 e. The zero-order chi connectivity index (χ0) is 13.1. The molecule has 0 spiro atoms. The molecule has 0 fully saturated rings. The van der Waals surface area contributed by atoms with E-state index in [0.29, 0.717) is 5.92 Å². The summed E-state index contributed by atoms with van der Waals surface area (Å²) in [5.41, 5.74) is 1.63. The van der Waals surface area contributed by atoms with Crippen LogP contribution >= 0.6 is 0 Å². The van der Waals surface area contributed by atoms with Crippen LogP contribution in [0.15, 0.2) is 37.0 Å². The van der Waals surface area contributed by atoms with Crippen molar-refractivity contribution in [2.45, 2.75) is 59.3 Å². The molecule has 0 heterocycles. The first-order chi connectivity index (χ1) is 8.10. The summed E-state index contributed by atoms with van der Waals surface area (Å²) in [5.74, 6) is 1.40. The Morgan fingerprint density at radius 1 is 1.12 bits per heavy atom. The molecule has 0 aliphatic carbocycles. The second-order valence-electron chi connectivity index (χ2n) is 5.42. The van der Waals surface area contributed by atoms with E-state index in [1.807, 2.05) is 6.08 Å². The summed E-state index contributed by atoms with van der Waals surface area (Å²) in [7, 11) is 0. The number of rotatable bonds is 10. The average Bonchev–Trinajstić information content (AvgIpc) is 2.31. The lowest BCUT2D eigenvalue weighted by atomic mass is 9.95. The maximum absolute atomic E-state index is 3.86. The molecule has 0 aromatic carbocycles. The van der Waals surface area contributed by atoms with Gasteiger partial charge in [0.05, 0.1) is 0 Å². The predicted octanol–water partition coefficient (Wildman–Crippen LogP) is 5.92. The van der Waals surface area contributed by atoms with Gasteiger partial charge in [-0.15, -0.1) is 13.2 Å². The lowest BCUT2D eigenvalue weighted by Gasteiger charge is -2.11. The largest absolute Gasteiger partial charge is 0.103 e. The SMILES string of the molecule is C=CCCCC(=CCC(C)C)CCC(C)C=C. The topological polar surface area (TPSA) is 0 Å². The van der Waals surface area contributed by atoms with Gasteiger partial charge in [-0.25, -0.2) is 0 Å². The molecule has 1 atom stereocenters. The lowest BCUT2D eigenvalue weighted by Crippen LogP contribution is -1.94. The summed E-state index contributed by atoms with van der Waals surface area (Å²) in [4.78, 5) is 0. The smallest absolute Gasteiger partial charge is 0.0262 e. The van der Waals surface area contributed by atoms with Crippen LogP contribution in [0.3, 0.4) is 0 Å². The molecule has 0 rings (SSSR count). The van der Waals surface area contributed by atoms with Crippen LogP contribution in [0.5, 0.6) is 0 Å². The van der Waals surface area contributed by atoms with Crippen molar-refractivity contribution in [2.24, 2.45) is 11.8 Å². The van der Waals surface area contributed by atoms with E-state index in [1.54, 1.807) is 5.57 Å². The predicted molar refractivity (Wildman–Crippen MR) is 80.2 cm³/mol. The van der Waals surface area contributed by atoms with Gasteiger partial charge < -0.3 is 0 Å². The highest BCUT2D eigenvalue weighted by atomic mass is 14.1. The van der Waals surface area contributed by atoms with Gasteiger partial charge in [0.2, 0.25) is 0 Å². The minimum Gasteiger partial charge on any atom is -0.103 e. The first-order valence-corrected chi connectivity index (χ1v) is 7.01. The van der Waals surface area contributed by atoms with Crippen LogP contribution in [0.4, 0.5) is 0 Å². The minimum absolute atomic E-state index is 0.636. The van der Waals surface area contributed by atoms with E-state index >= 15 is 0 Å². The fraction of sp³-hybridized carbons (Fsp3) is 0.647. The molecule has 0 nitrogen and oxygen atoms in total. The highest BCUT2D eigenvalue weighted by Crippen LogP contribution is 2.19. The third-order valence-corrected chi connectivity index (χ3v) is 3.11. The maximum atomic E-state index is 3.86. The summed E-state index contributed by atoms with van der Waals surface area (Å²) in [6.45, 7) is 14.5. The Kier molecular flexibility index (Phi) is 9.90. The van der Waals surface area contributed by atoms with Crippen LogP contribution < -0.4 is 0 Å². The van der Waals surface area contributed by atoms with E-state index in [-0.39, 0.29) is 0 Å². The van der Waals surface area contributed by atoms with Crippen molar-refractivity contribution in [3.8, 4) is 0 Å². The normalized spacial score (nSPS) is 13.8. The van der Waals surface area contributed by atoms with Crippen LogP contribution in [-0.4, -0.2) is 0 Å². The zero-order valence-electron chi connectivity index (χ0n) is 12.0. The number of unbranched alkanes of at least 4 members (excludes halogenated alkanes) is 1. The van der Waals surface area contributed by atoms with Gasteiger partial charge in [-0.1, -0.05) is 44.6 Å². The summed E-state index contributed by atoms with van der Waals surface area (Å²) in [6, 6.07) is 0. The highest BCUT2D eigenvalue weighted by molar-refractivity contribution is 5.03. The molecule has 98 valence electrons. The van der Waals surface area contributed by atoms with Crippen LogP contribution in [0.25, 0.3) is 0 Å². The summed E-state index contributed by atoms with van der Waals surface area (Å²) in [6.07, 6.45) is 13.8. The molecule has 0 heteroatoms. The Morgan fingerprint density at radius 2 is 1.82 bits per heavy atom. The minimum atomic E-state index is 0.636. The summed E-state index contributed by atoms with van der Waals surface area (Å²) < 4.78 is 0. The molecular weight excluding hydrogens is 204 g/mol. The van der Waals surface area contributed by atoms with Gasteiger partial charge in [-0.05, 0) is 50.4 Å². The van der Waals surface area contributed by atoms with E-state index < -0.39 is 0 Å². The molecule has 1 unspecified atom stereocenters. The van der Waals surface area contributed by atoms with Crippen LogP contribution in [-0.2, 0) is 0 Å². The Morgan fingerprint density at radius 3 is 2.35 bits per heavy atom. The molecule has 0 aliphatic rings. The van der Waals surface area contributed by atoms with Gasteiger partial charge in [-0.3, -0.25) is 0 Å². The molecule has 17 heavy (non-hydrogen) atoms. The van der Waals surface area contributed by atoms with E-state index in [0.717, 1.165) is 12.3 Å². The lowest BCUT2D eigenvalue weighted by molar-refractivity contribution is 0.615. The molecule has 0 amide bonds. The van der Waals surface area contributed by atoms with Crippen molar-refractivity contribution < 1.29 is 0 Å². The second kappa shape index (κ2) is 10.4. The third-order valence-electron chi connectivity index (χ3n) is 3.11. The van der Waals surface area contributed by atoms with Crippen molar-refractivity contribution in [1.29, 1.82) is 0 Å². The van der Waals surface area contributed by atoms with Crippen LogP contribution in [0.1, 0.15) is 59.3 Å². The van der Waals surface area contributed by atoms with E-state index in [4.69, 9.17) is 0 Å². The molecule has 0 N–H and O–H groups in total. The van der Waals surface area contributed by atoms with E-state index in [2.05, 4.69) is 46.1 Å². The Hall–Kier alpha value is -0.780. The van der Waals surface area contributed by atoms with Crippen LogP contribution in [0, 0.1) is 11.8 Å². The fourth-order valence-electron chi connectivity index (χ4n) is 1.74. The van der Waals surface area contributed by atoms with Gasteiger partial charge in [0.1, 0.15) is 0 Å². The Bertz CT molecular complexity index is 232. The Balaban J connectivity index is 4.13. The van der Waals surface area contributed by atoms with E-state index in [9.17, 15) is 0 Å². The number of hydrogen-bond acceptors (Lipinski definition) is 0. The van der Waals surface area contributed by atoms with Gasteiger partial charge in [0.15, 0.2) is 0 Å². The quantitative estimate of drug-likeness (QED) is 0.325. The van der Waals surface area contributed by atoms with E-state index in [1.165, 1.54) is 32.1 Å². The van der Waals surface area contributed by atoms with Crippen molar-refractivity contribution in [3.05, 3.63) is 37.0 Å². The highest BCUT2D eigenvalue weighted by Gasteiger charge is 2.02. The molecular formula is C17H30. The number of hydrogen-bond donors (Lipinski definition) is 0. The first kappa shape index (κ1) is 16.2. The molecule has 0 saturated carbocycles.